The van der Waals surface area contributed by atoms with Gasteiger partial charge in [-0.15, -0.1) is 0 Å². The highest BCUT2D eigenvalue weighted by Gasteiger charge is 2.29. The maximum Gasteiger partial charge on any atom is 0.231 e. The van der Waals surface area contributed by atoms with Crippen LogP contribution in [0.15, 0.2) is 59.3 Å². The maximum atomic E-state index is 12.4. The highest BCUT2D eigenvalue weighted by Crippen LogP contribution is 2.32. The van der Waals surface area contributed by atoms with Crippen LogP contribution >= 0.6 is 0 Å². The molecule has 0 aliphatic heterocycles. The van der Waals surface area contributed by atoms with E-state index in [9.17, 15) is 9.59 Å². The zero-order chi connectivity index (χ0) is 17.9. The molecule has 0 fully saturated rings. The van der Waals surface area contributed by atoms with E-state index in [0.29, 0.717) is 24.1 Å². The number of fused-ring (bicyclic) bond motifs is 1. The number of amides is 1. The Labute approximate surface area is 150 Å². The third-order valence-corrected chi connectivity index (χ3v) is 4.44. The molecule has 0 spiro atoms. The molecule has 0 radical (unpaired) electrons. The number of carbonyl (C=O) groups excluding carboxylic acids is 2. The van der Waals surface area contributed by atoms with Gasteiger partial charge in [0.1, 0.15) is 5.76 Å². The zero-order valence-electron chi connectivity index (χ0n) is 14.0. The van der Waals surface area contributed by atoms with Crippen LogP contribution in [0, 0.1) is 0 Å². The molecule has 4 rings (SSSR count). The first-order valence-corrected chi connectivity index (χ1v) is 8.45. The van der Waals surface area contributed by atoms with Crippen molar-refractivity contribution in [3.05, 3.63) is 77.5 Å². The summed E-state index contributed by atoms with van der Waals surface area (Å²) in [5.41, 5.74) is 2.08. The second-order valence-corrected chi connectivity index (χ2v) is 6.31. The lowest BCUT2D eigenvalue weighted by Gasteiger charge is -2.21. The number of benzene rings is 1. The zero-order valence-corrected chi connectivity index (χ0v) is 14.0. The summed E-state index contributed by atoms with van der Waals surface area (Å²) in [4.78, 5) is 33.1. The summed E-state index contributed by atoms with van der Waals surface area (Å²) in [6.07, 6.45) is 4.31. The predicted molar refractivity (Wildman–Crippen MR) is 94.9 cm³/mol. The van der Waals surface area contributed by atoms with E-state index in [0.717, 1.165) is 11.3 Å². The van der Waals surface area contributed by atoms with E-state index >= 15 is 0 Å². The Morgan fingerprint density at radius 2 is 2.00 bits per heavy atom. The number of rotatable bonds is 4. The van der Waals surface area contributed by atoms with Gasteiger partial charge < -0.3 is 4.42 Å². The van der Waals surface area contributed by atoms with Crippen molar-refractivity contribution in [2.75, 3.05) is 5.32 Å². The summed E-state index contributed by atoms with van der Waals surface area (Å²) in [5, 5.41) is 2.71. The van der Waals surface area contributed by atoms with Crippen LogP contribution < -0.4 is 5.32 Å². The summed E-state index contributed by atoms with van der Waals surface area (Å²) in [5.74, 6) is 0.762. The van der Waals surface area contributed by atoms with Gasteiger partial charge in [-0.25, -0.2) is 9.97 Å². The van der Waals surface area contributed by atoms with Crippen LogP contribution in [0.5, 0.6) is 0 Å². The Hall–Kier alpha value is -3.28. The Morgan fingerprint density at radius 1 is 1.15 bits per heavy atom. The van der Waals surface area contributed by atoms with E-state index in [1.807, 2.05) is 42.5 Å². The molecule has 1 atom stereocenters. The van der Waals surface area contributed by atoms with Crippen molar-refractivity contribution < 1.29 is 14.0 Å². The molecule has 0 saturated heterocycles. The molecule has 1 amide bonds. The highest BCUT2D eigenvalue weighted by molar-refractivity contribution is 5.98. The van der Waals surface area contributed by atoms with Crippen LogP contribution in [-0.2, 0) is 17.6 Å². The van der Waals surface area contributed by atoms with Crippen LogP contribution in [0.3, 0.4) is 0 Å². The minimum absolute atomic E-state index is 0.00480. The molecule has 3 aromatic rings. The van der Waals surface area contributed by atoms with E-state index < -0.39 is 0 Å². The Kier molecular flexibility index (Phi) is 4.31. The number of nitrogens with one attached hydrogen (secondary N) is 1. The Balaban J connectivity index is 1.50. The van der Waals surface area contributed by atoms with Gasteiger partial charge in [0.25, 0.3) is 0 Å². The maximum absolute atomic E-state index is 12.4. The number of carbonyl (C=O) groups is 2. The standard InChI is InChI=1S/C20H17N3O3/c24-17-11-14(18-7-4-8-26-18)10-16-15(17)12-21-20(22-16)23-19(25)9-13-5-2-1-3-6-13/h1-8,12,14H,9-11H2,(H,21,22,23,25). The fourth-order valence-electron chi connectivity index (χ4n) is 3.18. The predicted octanol–water partition coefficient (Wildman–Crippen LogP) is 3.16. The molecular formula is C20H17N3O3. The van der Waals surface area contributed by atoms with E-state index in [1.165, 1.54) is 6.20 Å². The fourth-order valence-corrected chi connectivity index (χ4v) is 3.18. The summed E-state index contributed by atoms with van der Waals surface area (Å²) < 4.78 is 5.43. The number of nitrogens with zero attached hydrogens (tertiary/aromatic N) is 2. The first-order valence-electron chi connectivity index (χ1n) is 8.45. The van der Waals surface area contributed by atoms with Gasteiger partial charge in [-0.1, -0.05) is 30.3 Å². The molecule has 1 unspecified atom stereocenters. The number of furan rings is 1. The smallest absolute Gasteiger partial charge is 0.231 e. The minimum Gasteiger partial charge on any atom is -0.469 e. The molecular weight excluding hydrogens is 330 g/mol. The second-order valence-electron chi connectivity index (χ2n) is 6.31. The van der Waals surface area contributed by atoms with E-state index in [1.54, 1.807) is 6.26 Å². The van der Waals surface area contributed by atoms with Gasteiger partial charge in [-0.2, -0.15) is 0 Å². The average Bonchev–Trinajstić information content (AvgIpc) is 3.17. The molecule has 2 heterocycles. The molecule has 0 saturated carbocycles. The Morgan fingerprint density at radius 3 is 2.77 bits per heavy atom. The van der Waals surface area contributed by atoms with Crippen LogP contribution in [0.2, 0.25) is 0 Å². The molecule has 6 nitrogen and oxygen atoms in total. The van der Waals surface area contributed by atoms with Crippen molar-refractivity contribution in [1.82, 2.24) is 9.97 Å². The molecule has 2 aromatic heterocycles. The summed E-state index contributed by atoms with van der Waals surface area (Å²) in [6.45, 7) is 0. The second kappa shape index (κ2) is 6.92. The van der Waals surface area contributed by atoms with Crippen molar-refractivity contribution in [2.24, 2.45) is 0 Å². The van der Waals surface area contributed by atoms with Crippen LogP contribution in [-0.4, -0.2) is 21.7 Å². The number of aromatic nitrogens is 2. The Bertz CT molecular complexity index is 936. The van der Waals surface area contributed by atoms with Crippen LogP contribution in [0.25, 0.3) is 0 Å². The van der Waals surface area contributed by atoms with Crippen LogP contribution in [0.1, 0.15) is 39.7 Å². The number of hydrogen-bond donors (Lipinski definition) is 1. The lowest BCUT2D eigenvalue weighted by atomic mass is 9.85. The number of ketones is 1. The first-order chi connectivity index (χ1) is 12.7. The molecule has 1 N–H and O–H groups in total. The molecule has 1 aliphatic rings. The van der Waals surface area contributed by atoms with Gasteiger partial charge in [-0.05, 0) is 17.7 Å². The molecule has 0 bridgehead atoms. The quantitative estimate of drug-likeness (QED) is 0.783. The summed E-state index contributed by atoms with van der Waals surface area (Å²) in [6, 6.07) is 13.1. The third kappa shape index (κ3) is 3.39. The number of Topliss-reactive ketones (excluding diaryl/α,β-unsaturated/α-hetero) is 1. The summed E-state index contributed by atoms with van der Waals surface area (Å²) in [7, 11) is 0. The normalized spacial score (nSPS) is 16.2. The van der Waals surface area contributed by atoms with Crippen LogP contribution in [0.4, 0.5) is 5.95 Å². The van der Waals surface area contributed by atoms with Gasteiger partial charge in [0, 0.05) is 25.0 Å². The average molecular weight is 347 g/mol. The monoisotopic (exact) mass is 347 g/mol. The van der Waals surface area contributed by atoms with Crippen molar-refractivity contribution in [2.45, 2.75) is 25.2 Å². The van der Waals surface area contributed by atoms with Crippen molar-refractivity contribution in [1.29, 1.82) is 0 Å². The summed E-state index contributed by atoms with van der Waals surface area (Å²) >= 11 is 0. The highest BCUT2D eigenvalue weighted by atomic mass is 16.3. The fraction of sp³-hybridized carbons (Fsp3) is 0.200. The lowest BCUT2D eigenvalue weighted by Crippen LogP contribution is -2.22. The number of hydrogen-bond acceptors (Lipinski definition) is 5. The van der Waals surface area contributed by atoms with E-state index in [-0.39, 0.29) is 30.0 Å². The minimum atomic E-state index is -0.194. The largest absolute Gasteiger partial charge is 0.469 e. The SMILES string of the molecule is O=C(Cc1ccccc1)Nc1ncc2c(n1)CC(c1ccco1)CC2=O. The molecule has 130 valence electrons. The number of anilines is 1. The van der Waals surface area contributed by atoms with Gasteiger partial charge >= 0.3 is 0 Å². The lowest BCUT2D eigenvalue weighted by molar-refractivity contribution is -0.115. The first kappa shape index (κ1) is 16.2. The van der Waals surface area contributed by atoms with Gasteiger partial charge in [0.15, 0.2) is 5.78 Å². The van der Waals surface area contributed by atoms with Crippen molar-refractivity contribution in [3.63, 3.8) is 0 Å². The van der Waals surface area contributed by atoms with Gasteiger partial charge in [0.05, 0.1) is 23.9 Å². The molecule has 26 heavy (non-hydrogen) atoms. The van der Waals surface area contributed by atoms with E-state index in [4.69, 9.17) is 4.42 Å². The third-order valence-electron chi connectivity index (χ3n) is 4.44. The van der Waals surface area contributed by atoms with E-state index in [2.05, 4.69) is 15.3 Å². The van der Waals surface area contributed by atoms with Crippen molar-refractivity contribution >= 4 is 17.6 Å². The topological polar surface area (TPSA) is 85.1 Å². The van der Waals surface area contributed by atoms with Gasteiger partial charge in [-0.3, -0.25) is 14.9 Å². The molecule has 1 aromatic carbocycles. The van der Waals surface area contributed by atoms with Gasteiger partial charge in [0.2, 0.25) is 11.9 Å². The molecule has 1 aliphatic carbocycles. The van der Waals surface area contributed by atoms with Crippen molar-refractivity contribution in [3.8, 4) is 0 Å². The molecule has 6 heteroatoms.